The zero-order valence-corrected chi connectivity index (χ0v) is 24.0. The summed E-state index contributed by atoms with van der Waals surface area (Å²) in [6.45, 7) is 4.25. The molecule has 2 N–H and O–H groups in total. The summed E-state index contributed by atoms with van der Waals surface area (Å²) in [6, 6.07) is -0.415. The molecule has 0 aliphatic heterocycles. The molecule has 0 aromatic carbocycles. The largest absolute Gasteiger partial charge is 0.454 e. The van der Waals surface area contributed by atoms with Crippen LogP contribution in [0.15, 0.2) is 0 Å². The standard InChI is InChI=1S/C28H44N2O10/c1-17(31)37-23(25(39-19(3)33)27(35)29-21-13-9-5-6-10-14-21)24(38-18(2)32)26(40-20(4)34)28(36)30-22-15-11-7-8-12-16-22/h21-26H,5-16H2,1-4H3,(H,29,35)(H,30,36)/t23-,24+,25+,26-. The minimum Gasteiger partial charge on any atom is -0.454 e. The van der Waals surface area contributed by atoms with Gasteiger partial charge in [0, 0.05) is 39.8 Å². The zero-order valence-electron chi connectivity index (χ0n) is 24.0. The SMILES string of the molecule is CC(=O)O[C@H]([C@H](OC(C)=O)[C@@H](OC(C)=O)C(=O)NC1CCCCCC1)[C@H](OC(C)=O)C(=O)NC1CCCCCC1. The van der Waals surface area contributed by atoms with Crippen molar-refractivity contribution in [3.63, 3.8) is 0 Å². The number of esters is 4. The first-order valence-electron chi connectivity index (χ1n) is 14.3. The first kappa shape index (κ1) is 33.0. The molecule has 226 valence electrons. The predicted octanol–water partition coefficient (Wildman–Crippen LogP) is 2.39. The Morgan fingerprint density at radius 1 is 0.475 bits per heavy atom. The number of carbonyl (C=O) groups excluding carboxylic acids is 6. The fourth-order valence-electron chi connectivity index (χ4n) is 5.30. The number of amides is 2. The minimum absolute atomic E-state index is 0.207. The summed E-state index contributed by atoms with van der Waals surface area (Å²) < 4.78 is 21.5. The molecule has 2 saturated carbocycles. The fraction of sp³-hybridized carbons (Fsp3) is 0.786. The van der Waals surface area contributed by atoms with Gasteiger partial charge in [0.25, 0.3) is 11.8 Å². The van der Waals surface area contributed by atoms with Gasteiger partial charge in [-0.15, -0.1) is 0 Å². The minimum atomic E-state index is -1.79. The molecule has 12 nitrogen and oxygen atoms in total. The van der Waals surface area contributed by atoms with Gasteiger partial charge in [-0.25, -0.2) is 0 Å². The summed E-state index contributed by atoms with van der Waals surface area (Å²) in [5.74, 6) is -5.09. The summed E-state index contributed by atoms with van der Waals surface area (Å²) >= 11 is 0. The van der Waals surface area contributed by atoms with Crippen molar-refractivity contribution in [3.8, 4) is 0 Å². The van der Waals surface area contributed by atoms with E-state index in [4.69, 9.17) is 18.9 Å². The molecule has 0 aromatic heterocycles. The highest BCUT2D eigenvalue weighted by molar-refractivity contribution is 5.87. The van der Waals surface area contributed by atoms with Gasteiger partial charge in [-0.1, -0.05) is 51.4 Å². The van der Waals surface area contributed by atoms with Gasteiger partial charge in [0.1, 0.15) is 0 Å². The van der Waals surface area contributed by atoms with Crippen molar-refractivity contribution in [2.75, 3.05) is 0 Å². The maximum atomic E-state index is 13.5. The number of nitrogens with one attached hydrogen (secondary N) is 2. The molecule has 2 fully saturated rings. The molecule has 0 unspecified atom stereocenters. The maximum Gasteiger partial charge on any atom is 0.303 e. The molecule has 40 heavy (non-hydrogen) atoms. The van der Waals surface area contributed by atoms with Crippen molar-refractivity contribution in [2.45, 2.75) is 141 Å². The molecule has 2 aliphatic rings. The predicted molar refractivity (Wildman–Crippen MR) is 141 cm³/mol. The van der Waals surface area contributed by atoms with E-state index in [-0.39, 0.29) is 12.1 Å². The fourth-order valence-corrected chi connectivity index (χ4v) is 5.30. The lowest BCUT2D eigenvalue weighted by Gasteiger charge is -2.35. The van der Waals surface area contributed by atoms with E-state index in [1.54, 1.807) is 0 Å². The molecule has 0 spiro atoms. The van der Waals surface area contributed by atoms with Crippen molar-refractivity contribution in [3.05, 3.63) is 0 Å². The molecule has 2 aliphatic carbocycles. The van der Waals surface area contributed by atoms with Crippen LogP contribution in [0.25, 0.3) is 0 Å². The second-order valence-corrected chi connectivity index (χ2v) is 10.6. The third-order valence-electron chi connectivity index (χ3n) is 7.03. The molecule has 0 aromatic rings. The third-order valence-corrected chi connectivity index (χ3v) is 7.03. The van der Waals surface area contributed by atoms with Crippen LogP contribution in [-0.2, 0) is 47.7 Å². The van der Waals surface area contributed by atoms with E-state index in [9.17, 15) is 28.8 Å². The van der Waals surface area contributed by atoms with E-state index >= 15 is 0 Å². The maximum absolute atomic E-state index is 13.5. The molecular formula is C28H44N2O10. The molecule has 4 atom stereocenters. The van der Waals surface area contributed by atoms with Crippen molar-refractivity contribution in [1.82, 2.24) is 10.6 Å². The Bertz CT molecular complexity index is 820. The van der Waals surface area contributed by atoms with Gasteiger partial charge in [-0.2, -0.15) is 0 Å². The Morgan fingerprint density at radius 3 is 1.00 bits per heavy atom. The van der Waals surface area contributed by atoms with E-state index in [2.05, 4.69) is 10.6 Å². The molecule has 2 amide bonds. The summed E-state index contributed by atoms with van der Waals surface area (Å²) in [5.41, 5.74) is 0. The van der Waals surface area contributed by atoms with E-state index in [0.29, 0.717) is 25.7 Å². The summed E-state index contributed by atoms with van der Waals surface area (Å²) in [6.07, 6.45) is 3.43. The smallest absolute Gasteiger partial charge is 0.303 e. The molecule has 0 radical (unpaired) electrons. The van der Waals surface area contributed by atoms with Gasteiger partial charge in [-0.3, -0.25) is 28.8 Å². The molecule has 0 bridgehead atoms. The van der Waals surface area contributed by atoms with Crippen molar-refractivity contribution in [2.24, 2.45) is 0 Å². The lowest BCUT2D eigenvalue weighted by atomic mass is 9.98. The Hall–Kier alpha value is -3.18. The number of hydrogen-bond acceptors (Lipinski definition) is 10. The highest BCUT2D eigenvalue weighted by Gasteiger charge is 2.49. The summed E-state index contributed by atoms with van der Waals surface area (Å²) in [5, 5.41) is 5.70. The Balaban J connectivity index is 2.47. The van der Waals surface area contributed by atoms with Gasteiger partial charge >= 0.3 is 23.9 Å². The van der Waals surface area contributed by atoms with E-state index < -0.39 is 60.1 Å². The van der Waals surface area contributed by atoms with Gasteiger partial charge in [-0.05, 0) is 25.7 Å². The van der Waals surface area contributed by atoms with Crippen molar-refractivity contribution >= 4 is 35.7 Å². The number of carbonyl (C=O) groups is 6. The second-order valence-electron chi connectivity index (χ2n) is 10.6. The topological polar surface area (TPSA) is 163 Å². The number of ether oxygens (including phenoxy) is 4. The van der Waals surface area contributed by atoms with Crippen LogP contribution in [0.3, 0.4) is 0 Å². The highest BCUT2D eigenvalue weighted by Crippen LogP contribution is 2.23. The summed E-state index contributed by atoms with van der Waals surface area (Å²) in [4.78, 5) is 75.7. The quantitative estimate of drug-likeness (QED) is 0.215. The third kappa shape index (κ3) is 11.5. The monoisotopic (exact) mass is 568 g/mol. The number of rotatable bonds is 11. The molecular weight excluding hydrogens is 524 g/mol. The molecule has 0 saturated heterocycles. The molecule has 12 heteroatoms. The van der Waals surface area contributed by atoms with Gasteiger partial charge in [0.15, 0.2) is 12.2 Å². The van der Waals surface area contributed by atoms with Crippen LogP contribution >= 0.6 is 0 Å². The molecule has 0 heterocycles. The Morgan fingerprint density at radius 2 is 0.750 bits per heavy atom. The first-order chi connectivity index (χ1) is 19.0. The highest BCUT2D eigenvalue weighted by atomic mass is 16.6. The zero-order chi connectivity index (χ0) is 29.7. The van der Waals surface area contributed by atoms with Crippen LogP contribution < -0.4 is 10.6 Å². The van der Waals surface area contributed by atoms with Crippen LogP contribution in [0.1, 0.15) is 105 Å². The van der Waals surface area contributed by atoms with Crippen LogP contribution in [0.4, 0.5) is 0 Å². The van der Waals surface area contributed by atoms with Gasteiger partial charge < -0.3 is 29.6 Å². The Labute approximate surface area is 235 Å². The van der Waals surface area contributed by atoms with Crippen LogP contribution in [0, 0.1) is 0 Å². The summed E-state index contributed by atoms with van der Waals surface area (Å²) in [7, 11) is 0. The van der Waals surface area contributed by atoms with Crippen LogP contribution in [0.5, 0.6) is 0 Å². The van der Waals surface area contributed by atoms with Crippen molar-refractivity contribution in [1.29, 1.82) is 0 Å². The first-order valence-corrected chi connectivity index (χ1v) is 14.3. The lowest BCUT2D eigenvalue weighted by molar-refractivity contribution is -0.200. The normalized spacial score (nSPS) is 19.8. The average Bonchev–Trinajstić information content (AvgIpc) is 3.28. The van der Waals surface area contributed by atoms with Gasteiger partial charge in [0.2, 0.25) is 12.2 Å². The second kappa shape index (κ2) is 16.8. The average molecular weight is 569 g/mol. The van der Waals surface area contributed by atoms with E-state index in [1.807, 2.05) is 0 Å². The Kier molecular flexibility index (Phi) is 13.9. The number of hydrogen-bond donors (Lipinski definition) is 2. The van der Waals surface area contributed by atoms with E-state index in [0.717, 1.165) is 79.1 Å². The molecule has 2 rings (SSSR count). The van der Waals surface area contributed by atoms with Crippen LogP contribution in [-0.4, -0.2) is 72.2 Å². The van der Waals surface area contributed by atoms with Gasteiger partial charge in [0.05, 0.1) is 0 Å². The van der Waals surface area contributed by atoms with E-state index in [1.165, 1.54) is 0 Å². The van der Waals surface area contributed by atoms with Crippen molar-refractivity contribution < 1.29 is 47.7 Å². The van der Waals surface area contributed by atoms with Crippen LogP contribution in [0.2, 0.25) is 0 Å². The lowest BCUT2D eigenvalue weighted by Crippen LogP contribution is -2.60.